The number of pyridine rings is 1. The number of nitrogens with one attached hydrogen (secondary N) is 2. The topological polar surface area (TPSA) is 106 Å². The molecule has 0 fully saturated rings. The smallest absolute Gasteiger partial charge is 0.255 e. The molecule has 0 saturated heterocycles. The number of carbonyl (C=O) groups is 1. The Kier molecular flexibility index (Phi) is 6.62. The summed E-state index contributed by atoms with van der Waals surface area (Å²) in [5.74, 6) is 1.10. The molecule has 2 heterocycles. The second-order valence-electron chi connectivity index (χ2n) is 8.18. The molecular formula is C29H24N6O. The van der Waals surface area contributed by atoms with Crippen LogP contribution in [0.4, 0.5) is 17.2 Å². The van der Waals surface area contributed by atoms with Gasteiger partial charge in [-0.25, -0.2) is 9.97 Å². The van der Waals surface area contributed by atoms with Gasteiger partial charge in [0.15, 0.2) is 5.82 Å². The molecule has 5 aromatic rings. The standard InChI is InChI=1S/C29H24N6O/c30-25-17-23(21-5-2-1-3-6-21)12-13-26(25)34-29(36)22-10-8-20(9-11-22)18-33-27-14-16-32-28(35-27)24-7-4-15-31-19-24/h1-17,19H,18,30H2,(H,34,36)(H,32,33,35). The fourth-order valence-corrected chi connectivity index (χ4v) is 3.74. The van der Waals surface area contributed by atoms with Gasteiger partial charge in [-0.15, -0.1) is 0 Å². The summed E-state index contributed by atoms with van der Waals surface area (Å²) < 4.78 is 0. The Morgan fingerprint density at radius 2 is 1.61 bits per heavy atom. The first-order chi connectivity index (χ1) is 17.7. The number of nitrogens with zero attached hydrogens (tertiary/aromatic N) is 3. The van der Waals surface area contributed by atoms with Gasteiger partial charge in [0, 0.05) is 36.3 Å². The van der Waals surface area contributed by atoms with E-state index in [2.05, 4.69) is 25.6 Å². The van der Waals surface area contributed by atoms with E-state index >= 15 is 0 Å². The summed E-state index contributed by atoms with van der Waals surface area (Å²) in [5, 5.41) is 6.20. The van der Waals surface area contributed by atoms with Gasteiger partial charge in [0.1, 0.15) is 5.82 Å². The fourth-order valence-electron chi connectivity index (χ4n) is 3.74. The molecule has 5 rings (SSSR count). The van der Waals surface area contributed by atoms with Gasteiger partial charge in [-0.05, 0) is 59.2 Å². The van der Waals surface area contributed by atoms with Gasteiger partial charge in [-0.3, -0.25) is 9.78 Å². The van der Waals surface area contributed by atoms with E-state index in [1.807, 2.05) is 78.9 Å². The molecule has 0 aliphatic rings. The van der Waals surface area contributed by atoms with Gasteiger partial charge < -0.3 is 16.4 Å². The molecule has 0 radical (unpaired) electrons. The number of anilines is 3. The van der Waals surface area contributed by atoms with Crippen molar-refractivity contribution in [2.24, 2.45) is 0 Å². The van der Waals surface area contributed by atoms with E-state index in [1.165, 1.54) is 0 Å². The number of nitrogen functional groups attached to an aromatic ring is 1. The lowest BCUT2D eigenvalue weighted by Crippen LogP contribution is -2.13. The minimum Gasteiger partial charge on any atom is -0.397 e. The van der Waals surface area contributed by atoms with Gasteiger partial charge in [0.2, 0.25) is 0 Å². The predicted molar refractivity (Wildman–Crippen MR) is 143 cm³/mol. The second kappa shape index (κ2) is 10.5. The Labute approximate surface area is 209 Å². The third kappa shape index (κ3) is 5.37. The number of hydrogen-bond donors (Lipinski definition) is 3. The summed E-state index contributed by atoms with van der Waals surface area (Å²) >= 11 is 0. The van der Waals surface area contributed by atoms with Gasteiger partial charge in [-0.2, -0.15) is 0 Å². The van der Waals surface area contributed by atoms with Crippen LogP contribution in [0.5, 0.6) is 0 Å². The molecule has 0 bridgehead atoms. The van der Waals surface area contributed by atoms with E-state index in [1.54, 1.807) is 30.7 Å². The summed E-state index contributed by atoms with van der Waals surface area (Å²) in [5.41, 5.74) is 11.8. The van der Waals surface area contributed by atoms with E-state index in [-0.39, 0.29) is 5.91 Å². The SMILES string of the molecule is Nc1cc(-c2ccccc2)ccc1NC(=O)c1ccc(CNc2ccnc(-c3cccnc3)n2)cc1. The lowest BCUT2D eigenvalue weighted by Gasteiger charge is -2.11. The van der Waals surface area contributed by atoms with Crippen molar-refractivity contribution in [2.45, 2.75) is 6.54 Å². The van der Waals surface area contributed by atoms with Crippen LogP contribution in [0.1, 0.15) is 15.9 Å². The van der Waals surface area contributed by atoms with Crippen molar-refractivity contribution in [3.8, 4) is 22.5 Å². The number of nitrogens with two attached hydrogens (primary N) is 1. The lowest BCUT2D eigenvalue weighted by molar-refractivity contribution is 0.102. The van der Waals surface area contributed by atoms with Crippen LogP contribution in [0.3, 0.4) is 0 Å². The molecule has 0 saturated carbocycles. The molecule has 176 valence electrons. The van der Waals surface area contributed by atoms with E-state index in [9.17, 15) is 4.79 Å². The van der Waals surface area contributed by atoms with Gasteiger partial charge in [-0.1, -0.05) is 48.5 Å². The van der Waals surface area contributed by atoms with Crippen molar-refractivity contribution in [3.05, 3.63) is 121 Å². The highest BCUT2D eigenvalue weighted by Gasteiger charge is 2.10. The molecule has 0 atom stereocenters. The summed E-state index contributed by atoms with van der Waals surface area (Å²) in [6, 6.07) is 28.6. The molecule has 7 heteroatoms. The van der Waals surface area contributed by atoms with Crippen molar-refractivity contribution in [1.29, 1.82) is 0 Å². The Bertz CT molecular complexity index is 1470. The van der Waals surface area contributed by atoms with E-state index in [0.717, 1.165) is 22.3 Å². The summed E-state index contributed by atoms with van der Waals surface area (Å²) in [4.78, 5) is 25.8. The third-order valence-electron chi connectivity index (χ3n) is 5.67. The van der Waals surface area contributed by atoms with E-state index in [4.69, 9.17) is 5.73 Å². The predicted octanol–water partition coefficient (Wildman–Crippen LogP) is 5.65. The maximum atomic E-state index is 12.8. The zero-order valence-electron chi connectivity index (χ0n) is 19.4. The Hall–Kier alpha value is -5.04. The van der Waals surface area contributed by atoms with E-state index < -0.39 is 0 Å². The van der Waals surface area contributed by atoms with Crippen molar-refractivity contribution < 1.29 is 4.79 Å². The minimum absolute atomic E-state index is 0.217. The number of rotatable bonds is 7. The van der Waals surface area contributed by atoms with Crippen LogP contribution < -0.4 is 16.4 Å². The van der Waals surface area contributed by atoms with Crippen LogP contribution in [-0.2, 0) is 6.54 Å². The van der Waals surface area contributed by atoms with Crippen LogP contribution in [-0.4, -0.2) is 20.9 Å². The van der Waals surface area contributed by atoms with Crippen LogP contribution in [0, 0.1) is 0 Å². The number of hydrogen-bond acceptors (Lipinski definition) is 6. The molecule has 0 aliphatic heterocycles. The van der Waals surface area contributed by atoms with Crippen molar-refractivity contribution in [2.75, 3.05) is 16.4 Å². The molecule has 4 N–H and O–H groups in total. The number of carbonyl (C=O) groups excluding carboxylic acids is 1. The average Bonchev–Trinajstić information content (AvgIpc) is 2.94. The third-order valence-corrected chi connectivity index (χ3v) is 5.67. The molecule has 36 heavy (non-hydrogen) atoms. The highest BCUT2D eigenvalue weighted by atomic mass is 16.1. The summed E-state index contributed by atoms with van der Waals surface area (Å²) in [6.07, 6.45) is 5.16. The van der Waals surface area contributed by atoms with E-state index in [0.29, 0.717) is 35.1 Å². The maximum Gasteiger partial charge on any atom is 0.255 e. The van der Waals surface area contributed by atoms with Crippen molar-refractivity contribution >= 4 is 23.1 Å². The Morgan fingerprint density at radius 3 is 2.36 bits per heavy atom. The molecular weight excluding hydrogens is 448 g/mol. The summed E-state index contributed by atoms with van der Waals surface area (Å²) in [7, 11) is 0. The second-order valence-corrected chi connectivity index (χ2v) is 8.18. The monoisotopic (exact) mass is 472 g/mol. The van der Waals surface area contributed by atoms with Crippen LogP contribution in [0.25, 0.3) is 22.5 Å². The first kappa shape index (κ1) is 22.7. The number of amides is 1. The summed E-state index contributed by atoms with van der Waals surface area (Å²) in [6.45, 7) is 0.555. The number of benzene rings is 3. The highest BCUT2D eigenvalue weighted by Crippen LogP contribution is 2.27. The first-order valence-electron chi connectivity index (χ1n) is 11.5. The van der Waals surface area contributed by atoms with Crippen LogP contribution >= 0.6 is 0 Å². The largest absolute Gasteiger partial charge is 0.397 e. The molecule has 1 amide bonds. The Morgan fingerprint density at radius 1 is 0.806 bits per heavy atom. The zero-order chi connectivity index (χ0) is 24.7. The molecule has 0 aliphatic carbocycles. The Balaban J connectivity index is 1.20. The molecule has 2 aromatic heterocycles. The molecule has 0 spiro atoms. The van der Waals surface area contributed by atoms with Gasteiger partial charge in [0.25, 0.3) is 5.91 Å². The molecule has 0 unspecified atom stereocenters. The fraction of sp³-hybridized carbons (Fsp3) is 0.0345. The first-order valence-corrected chi connectivity index (χ1v) is 11.5. The highest BCUT2D eigenvalue weighted by molar-refractivity contribution is 6.06. The van der Waals surface area contributed by atoms with Crippen LogP contribution in [0.15, 0.2) is 110 Å². The zero-order valence-corrected chi connectivity index (χ0v) is 19.4. The average molecular weight is 473 g/mol. The normalized spacial score (nSPS) is 10.6. The van der Waals surface area contributed by atoms with Crippen molar-refractivity contribution in [3.63, 3.8) is 0 Å². The van der Waals surface area contributed by atoms with Gasteiger partial charge >= 0.3 is 0 Å². The quantitative estimate of drug-likeness (QED) is 0.264. The number of aromatic nitrogens is 3. The lowest BCUT2D eigenvalue weighted by atomic mass is 10.0. The van der Waals surface area contributed by atoms with Crippen LogP contribution in [0.2, 0.25) is 0 Å². The molecule has 3 aromatic carbocycles. The van der Waals surface area contributed by atoms with Crippen molar-refractivity contribution in [1.82, 2.24) is 15.0 Å². The minimum atomic E-state index is -0.217. The van der Waals surface area contributed by atoms with Gasteiger partial charge in [0.05, 0.1) is 11.4 Å². The maximum absolute atomic E-state index is 12.8. The molecule has 7 nitrogen and oxygen atoms in total.